The Labute approximate surface area is 196 Å². The predicted molar refractivity (Wildman–Crippen MR) is 123 cm³/mol. The Morgan fingerprint density at radius 1 is 1.24 bits per heavy atom. The molecule has 1 aromatic carbocycles. The van der Waals surface area contributed by atoms with Gasteiger partial charge in [-0.15, -0.1) is 0 Å². The van der Waals surface area contributed by atoms with Crippen molar-refractivity contribution in [2.45, 2.75) is 44.1 Å². The second kappa shape index (κ2) is 8.77. The van der Waals surface area contributed by atoms with E-state index in [0.29, 0.717) is 34.7 Å². The van der Waals surface area contributed by atoms with E-state index in [2.05, 4.69) is 20.4 Å². The number of anilines is 3. The molecule has 2 aliphatic heterocycles. The Kier molecular flexibility index (Phi) is 5.81. The van der Waals surface area contributed by atoms with E-state index in [4.69, 9.17) is 26.3 Å². The van der Waals surface area contributed by atoms with Crippen molar-refractivity contribution in [2.75, 3.05) is 35.4 Å². The average Bonchev–Trinajstić information content (AvgIpc) is 2.84. The number of oxime groups is 1. The molecule has 2 N–H and O–H groups in total. The van der Waals surface area contributed by atoms with Crippen LogP contribution >= 0.6 is 11.6 Å². The van der Waals surface area contributed by atoms with Crippen molar-refractivity contribution in [3.63, 3.8) is 0 Å². The van der Waals surface area contributed by atoms with E-state index in [-0.39, 0.29) is 25.3 Å². The molecule has 1 aliphatic carbocycles. The third kappa shape index (κ3) is 4.21. The fourth-order valence-corrected chi connectivity index (χ4v) is 4.72. The number of ether oxygens (including phenoxy) is 2. The second-order valence-electron chi connectivity index (χ2n) is 8.49. The Balaban J connectivity index is 1.26. The molecule has 3 heterocycles. The molecular formula is C22H25ClN6O4. The standard InChI is InChI=1S/C22H25ClN6O4/c1-28-19-14(11-29(21(28)30)18-5-3-2-4-17(18)23)10-24-20(26-19)25-15-6-8-22(9-7-15)32-12-16(27-31)13-33-22/h2-5,10,15,31H,6-9,11-13H2,1H3,(H,24,25,26). The van der Waals surface area contributed by atoms with E-state index < -0.39 is 5.79 Å². The van der Waals surface area contributed by atoms with Crippen molar-refractivity contribution >= 4 is 40.8 Å². The number of carbonyl (C=O) groups is 1. The molecule has 2 aromatic rings. The molecular weight excluding hydrogens is 448 g/mol. The first-order valence-corrected chi connectivity index (χ1v) is 11.3. The number of urea groups is 1. The minimum absolute atomic E-state index is 0.165. The molecule has 0 radical (unpaired) electrons. The van der Waals surface area contributed by atoms with Crippen LogP contribution in [0.25, 0.3) is 0 Å². The van der Waals surface area contributed by atoms with Crippen molar-refractivity contribution in [3.8, 4) is 0 Å². The number of fused-ring (bicyclic) bond motifs is 1. The highest BCUT2D eigenvalue weighted by atomic mass is 35.5. The van der Waals surface area contributed by atoms with E-state index in [0.717, 1.165) is 31.2 Å². The van der Waals surface area contributed by atoms with Gasteiger partial charge in [0, 0.05) is 37.7 Å². The normalized spacial score (nSPS) is 25.2. The van der Waals surface area contributed by atoms with E-state index in [1.54, 1.807) is 24.2 Å². The van der Waals surface area contributed by atoms with Crippen LogP contribution in [-0.4, -0.2) is 59.0 Å². The minimum Gasteiger partial charge on any atom is -0.411 e. The van der Waals surface area contributed by atoms with Crippen LogP contribution in [0.2, 0.25) is 5.02 Å². The molecule has 0 unspecified atom stereocenters. The molecule has 1 spiro atoms. The fraction of sp³-hybridized carbons (Fsp3) is 0.455. The monoisotopic (exact) mass is 472 g/mol. The molecule has 0 atom stereocenters. The number of rotatable bonds is 3. The van der Waals surface area contributed by atoms with Crippen LogP contribution in [0.15, 0.2) is 35.6 Å². The number of para-hydroxylation sites is 1. The summed E-state index contributed by atoms with van der Waals surface area (Å²) < 4.78 is 11.7. The molecule has 11 heteroatoms. The third-order valence-corrected chi connectivity index (χ3v) is 6.69. The van der Waals surface area contributed by atoms with E-state index in [1.807, 2.05) is 18.2 Å². The summed E-state index contributed by atoms with van der Waals surface area (Å²) in [6.45, 7) is 0.921. The summed E-state index contributed by atoms with van der Waals surface area (Å²) in [5.41, 5.74) is 2.00. The van der Waals surface area contributed by atoms with Gasteiger partial charge in [0.15, 0.2) is 5.79 Å². The van der Waals surface area contributed by atoms with Gasteiger partial charge in [0.25, 0.3) is 0 Å². The molecule has 33 heavy (non-hydrogen) atoms. The number of amides is 2. The van der Waals surface area contributed by atoms with Gasteiger partial charge in [0.2, 0.25) is 5.95 Å². The topological polar surface area (TPSA) is 112 Å². The van der Waals surface area contributed by atoms with Crippen molar-refractivity contribution < 1.29 is 19.5 Å². The molecule has 5 rings (SSSR count). The smallest absolute Gasteiger partial charge is 0.330 e. The minimum atomic E-state index is -0.613. The molecule has 2 amide bonds. The van der Waals surface area contributed by atoms with Gasteiger partial charge in [-0.05, 0) is 25.0 Å². The van der Waals surface area contributed by atoms with Crippen molar-refractivity contribution in [1.82, 2.24) is 9.97 Å². The highest BCUT2D eigenvalue weighted by molar-refractivity contribution is 6.34. The number of carbonyl (C=O) groups excluding carboxylic acids is 1. The first-order valence-electron chi connectivity index (χ1n) is 10.9. The molecule has 174 valence electrons. The molecule has 10 nitrogen and oxygen atoms in total. The van der Waals surface area contributed by atoms with Gasteiger partial charge in [0.1, 0.15) is 11.5 Å². The van der Waals surface area contributed by atoms with Gasteiger partial charge < -0.3 is 20.0 Å². The Morgan fingerprint density at radius 3 is 2.67 bits per heavy atom. The Hall–Kier alpha value is -2.95. The van der Waals surface area contributed by atoms with Crippen molar-refractivity contribution in [2.24, 2.45) is 5.16 Å². The average molecular weight is 473 g/mol. The van der Waals surface area contributed by atoms with Gasteiger partial charge in [-0.2, -0.15) is 4.98 Å². The predicted octanol–water partition coefficient (Wildman–Crippen LogP) is 3.63. The van der Waals surface area contributed by atoms with Crippen LogP contribution in [0, 0.1) is 0 Å². The zero-order valence-corrected chi connectivity index (χ0v) is 19.0. The molecule has 1 aromatic heterocycles. The molecule has 1 saturated heterocycles. The number of nitrogens with one attached hydrogen (secondary N) is 1. The highest BCUT2D eigenvalue weighted by Crippen LogP contribution is 2.37. The summed E-state index contributed by atoms with van der Waals surface area (Å²) in [7, 11) is 1.70. The number of halogens is 1. The van der Waals surface area contributed by atoms with Gasteiger partial charge in [0.05, 0.1) is 30.5 Å². The Bertz CT molecular complexity index is 1080. The maximum Gasteiger partial charge on any atom is 0.330 e. The van der Waals surface area contributed by atoms with Crippen LogP contribution in [0.4, 0.5) is 22.2 Å². The van der Waals surface area contributed by atoms with Crippen LogP contribution in [0.3, 0.4) is 0 Å². The van der Waals surface area contributed by atoms with Gasteiger partial charge in [-0.25, -0.2) is 9.78 Å². The van der Waals surface area contributed by atoms with E-state index in [1.165, 1.54) is 4.90 Å². The first kappa shape index (κ1) is 21.9. The van der Waals surface area contributed by atoms with E-state index >= 15 is 0 Å². The summed E-state index contributed by atoms with van der Waals surface area (Å²) in [4.78, 5) is 25.3. The van der Waals surface area contributed by atoms with Gasteiger partial charge in [-0.1, -0.05) is 28.9 Å². The number of benzene rings is 1. The van der Waals surface area contributed by atoms with Gasteiger partial charge in [-0.3, -0.25) is 9.80 Å². The SMILES string of the molecule is CN1C(=O)N(c2ccccc2Cl)Cc2cnc(NC3CCC4(CC3)OCC(=NO)CO4)nc21. The first-order chi connectivity index (χ1) is 16.0. The molecule has 3 aliphatic rings. The lowest BCUT2D eigenvalue weighted by Gasteiger charge is -2.42. The summed E-state index contributed by atoms with van der Waals surface area (Å²) in [5, 5.41) is 15.9. The van der Waals surface area contributed by atoms with Gasteiger partial charge >= 0.3 is 6.03 Å². The largest absolute Gasteiger partial charge is 0.411 e. The van der Waals surface area contributed by atoms with Crippen molar-refractivity contribution in [1.29, 1.82) is 0 Å². The Morgan fingerprint density at radius 2 is 1.97 bits per heavy atom. The molecule has 1 saturated carbocycles. The van der Waals surface area contributed by atoms with Crippen LogP contribution in [0.5, 0.6) is 0 Å². The summed E-state index contributed by atoms with van der Waals surface area (Å²) in [6, 6.07) is 7.24. The molecule has 2 fully saturated rings. The number of hydrogen-bond acceptors (Lipinski definition) is 8. The lowest BCUT2D eigenvalue weighted by molar-refractivity contribution is -0.251. The highest BCUT2D eigenvalue weighted by Gasteiger charge is 2.40. The number of hydrogen-bond donors (Lipinski definition) is 2. The van der Waals surface area contributed by atoms with Crippen LogP contribution in [-0.2, 0) is 16.0 Å². The molecule has 0 bridgehead atoms. The number of nitrogens with zero attached hydrogens (tertiary/aromatic N) is 5. The summed E-state index contributed by atoms with van der Waals surface area (Å²) in [6.07, 6.45) is 4.84. The second-order valence-corrected chi connectivity index (χ2v) is 8.90. The van der Waals surface area contributed by atoms with Crippen LogP contribution < -0.4 is 15.1 Å². The third-order valence-electron chi connectivity index (χ3n) is 6.37. The number of aromatic nitrogens is 2. The lowest BCUT2D eigenvalue weighted by atomic mass is 9.89. The lowest BCUT2D eigenvalue weighted by Crippen LogP contribution is -2.48. The van der Waals surface area contributed by atoms with Crippen LogP contribution in [0.1, 0.15) is 31.2 Å². The summed E-state index contributed by atoms with van der Waals surface area (Å²) in [5.74, 6) is 0.460. The van der Waals surface area contributed by atoms with Crippen molar-refractivity contribution in [3.05, 3.63) is 41.0 Å². The fourth-order valence-electron chi connectivity index (χ4n) is 4.48. The zero-order valence-electron chi connectivity index (χ0n) is 18.2. The maximum absolute atomic E-state index is 13.0. The summed E-state index contributed by atoms with van der Waals surface area (Å²) >= 11 is 6.31. The zero-order chi connectivity index (χ0) is 23.0. The maximum atomic E-state index is 13.0. The quantitative estimate of drug-likeness (QED) is 0.518. The van der Waals surface area contributed by atoms with E-state index in [9.17, 15) is 4.79 Å².